The number of thiophene rings is 1. The van der Waals surface area contributed by atoms with Crippen molar-refractivity contribution in [3.8, 4) is 0 Å². The number of carbonyl (C=O) groups excluding carboxylic acids is 2. The van der Waals surface area contributed by atoms with Crippen molar-refractivity contribution in [2.24, 2.45) is 10.9 Å². The van der Waals surface area contributed by atoms with Gasteiger partial charge in [-0.1, -0.05) is 0 Å². The maximum atomic E-state index is 13.3. The highest BCUT2D eigenvalue weighted by molar-refractivity contribution is 7.08. The summed E-state index contributed by atoms with van der Waals surface area (Å²) in [5.74, 6) is -0.338. The zero-order chi connectivity index (χ0) is 17.4. The van der Waals surface area contributed by atoms with E-state index in [9.17, 15) is 9.59 Å². The molecule has 2 aliphatic heterocycles. The van der Waals surface area contributed by atoms with Crippen molar-refractivity contribution >= 4 is 28.7 Å². The maximum absolute atomic E-state index is 13.3. The second kappa shape index (κ2) is 6.84. The van der Waals surface area contributed by atoms with Crippen LogP contribution >= 0.6 is 11.3 Å². The van der Waals surface area contributed by atoms with E-state index in [0.717, 1.165) is 35.4 Å². The average Bonchev–Trinajstić information content (AvgIpc) is 3.15. The molecule has 5 nitrogen and oxygen atoms in total. The van der Waals surface area contributed by atoms with Crippen LogP contribution in [-0.2, 0) is 14.3 Å². The number of ether oxygens (including phenoxy) is 1. The molecule has 6 heteroatoms. The summed E-state index contributed by atoms with van der Waals surface area (Å²) >= 11 is 1.61. The van der Waals surface area contributed by atoms with E-state index in [-0.39, 0.29) is 23.5 Å². The summed E-state index contributed by atoms with van der Waals surface area (Å²) in [7, 11) is 0. The highest BCUT2D eigenvalue weighted by atomic mass is 32.1. The van der Waals surface area contributed by atoms with Crippen molar-refractivity contribution < 1.29 is 14.3 Å². The molecule has 25 heavy (non-hydrogen) atoms. The van der Waals surface area contributed by atoms with E-state index in [4.69, 9.17) is 9.73 Å². The van der Waals surface area contributed by atoms with Crippen molar-refractivity contribution in [2.45, 2.75) is 32.1 Å². The fourth-order valence-electron chi connectivity index (χ4n) is 4.12. The van der Waals surface area contributed by atoms with Crippen LogP contribution in [0.25, 0.3) is 0 Å². The number of Topliss-reactive ketones (excluding diaryl/α,β-unsaturated/α-hetero) is 1. The Hall–Kier alpha value is -1.79. The molecule has 0 bridgehead atoms. The van der Waals surface area contributed by atoms with Gasteiger partial charge < -0.3 is 9.64 Å². The van der Waals surface area contributed by atoms with E-state index in [1.165, 1.54) is 0 Å². The molecular formula is C19H22N2O3S. The summed E-state index contributed by atoms with van der Waals surface area (Å²) in [4.78, 5) is 32.6. The minimum atomic E-state index is -0.381. The van der Waals surface area contributed by atoms with E-state index in [1.54, 1.807) is 11.3 Å². The highest BCUT2D eigenvalue weighted by Crippen LogP contribution is 2.44. The molecule has 0 spiro atoms. The molecular weight excluding hydrogens is 336 g/mol. The lowest BCUT2D eigenvalue weighted by Crippen LogP contribution is -2.48. The molecule has 4 rings (SSSR count). The number of hydrogen-bond donors (Lipinski definition) is 0. The Balaban J connectivity index is 1.77. The third-order valence-electron chi connectivity index (χ3n) is 5.33. The quantitative estimate of drug-likeness (QED) is 0.817. The number of aliphatic imine (C=N–C) groups is 1. The van der Waals surface area contributed by atoms with E-state index in [1.807, 2.05) is 23.3 Å². The van der Waals surface area contributed by atoms with Gasteiger partial charge in [0, 0.05) is 42.4 Å². The van der Waals surface area contributed by atoms with Crippen LogP contribution in [0.4, 0.5) is 0 Å². The predicted octanol–water partition coefficient (Wildman–Crippen LogP) is 2.79. The topological polar surface area (TPSA) is 59.0 Å². The zero-order valence-electron chi connectivity index (χ0n) is 14.4. The van der Waals surface area contributed by atoms with Crippen LogP contribution in [0.15, 0.2) is 33.1 Å². The minimum Gasteiger partial charge on any atom is -0.378 e. The van der Waals surface area contributed by atoms with Gasteiger partial charge in [0.2, 0.25) is 5.91 Å². The molecule has 1 saturated heterocycles. The Bertz CT molecular complexity index is 745. The Labute approximate surface area is 151 Å². The third-order valence-corrected chi connectivity index (χ3v) is 6.03. The predicted molar refractivity (Wildman–Crippen MR) is 96.9 cm³/mol. The first-order valence-corrected chi connectivity index (χ1v) is 9.81. The van der Waals surface area contributed by atoms with Gasteiger partial charge >= 0.3 is 0 Å². The molecule has 3 aliphatic rings. The lowest BCUT2D eigenvalue weighted by atomic mass is 9.72. The normalized spacial score (nSPS) is 27.2. The standard InChI is InChI=1S/C19H22N2O3S/c1-12-16(19(23)21-6-8-24-9-7-21)17(13-5-10-25-11-13)18-14(20-12)3-2-4-15(18)22/h5,10-11,16-17H,2-4,6-9H2,1H3. The van der Waals surface area contributed by atoms with Gasteiger partial charge in [-0.05, 0) is 42.2 Å². The number of morpholine rings is 1. The molecule has 0 aromatic carbocycles. The lowest BCUT2D eigenvalue weighted by molar-refractivity contribution is -0.137. The number of hydrogen-bond acceptors (Lipinski definition) is 5. The summed E-state index contributed by atoms with van der Waals surface area (Å²) in [5.41, 5.74) is 3.58. The summed E-state index contributed by atoms with van der Waals surface area (Å²) in [6.45, 7) is 4.30. The molecule has 1 aliphatic carbocycles. The van der Waals surface area contributed by atoms with Gasteiger partial charge in [-0.3, -0.25) is 14.6 Å². The summed E-state index contributed by atoms with van der Waals surface area (Å²) in [5, 5.41) is 4.08. The maximum Gasteiger partial charge on any atom is 0.232 e. The van der Waals surface area contributed by atoms with Crippen LogP contribution in [0.3, 0.4) is 0 Å². The summed E-state index contributed by atoms with van der Waals surface area (Å²) in [6, 6.07) is 2.04. The SMILES string of the molecule is CC1=NC2=C(C(=O)CCC2)C(c2ccsc2)C1C(=O)N1CCOCC1. The van der Waals surface area contributed by atoms with E-state index in [0.29, 0.717) is 32.7 Å². The van der Waals surface area contributed by atoms with Crippen LogP contribution in [0.2, 0.25) is 0 Å². The molecule has 1 aromatic heterocycles. The van der Waals surface area contributed by atoms with Crippen molar-refractivity contribution in [3.05, 3.63) is 33.7 Å². The van der Waals surface area contributed by atoms with Crippen molar-refractivity contribution in [2.75, 3.05) is 26.3 Å². The van der Waals surface area contributed by atoms with Gasteiger partial charge in [-0.25, -0.2) is 0 Å². The van der Waals surface area contributed by atoms with Crippen LogP contribution in [-0.4, -0.2) is 48.6 Å². The fraction of sp³-hybridized carbons (Fsp3) is 0.526. The first-order chi connectivity index (χ1) is 12.2. The molecule has 2 atom stereocenters. The average molecular weight is 358 g/mol. The van der Waals surface area contributed by atoms with Crippen molar-refractivity contribution in [1.29, 1.82) is 0 Å². The number of ketones is 1. The van der Waals surface area contributed by atoms with Gasteiger partial charge in [0.1, 0.15) is 0 Å². The van der Waals surface area contributed by atoms with Gasteiger partial charge in [0.25, 0.3) is 0 Å². The number of carbonyl (C=O) groups is 2. The fourth-order valence-corrected chi connectivity index (χ4v) is 4.82. The highest BCUT2D eigenvalue weighted by Gasteiger charge is 2.43. The Morgan fingerprint density at radius 2 is 2.12 bits per heavy atom. The molecule has 3 heterocycles. The zero-order valence-corrected chi connectivity index (χ0v) is 15.2. The Morgan fingerprint density at radius 3 is 2.84 bits per heavy atom. The Morgan fingerprint density at radius 1 is 1.32 bits per heavy atom. The van der Waals surface area contributed by atoms with Crippen LogP contribution < -0.4 is 0 Å². The molecule has 1 fully saturated rings. The summed E-state index contributed by atoms with van der Waals surface area (Å²) < 4.78 is 5.38. The molecule has 0 N–H and O–H groups in total. The largest absolute Gasteiger partial charge is 0.378 e. The molecule has 2 unspecified atom stereocenters. The molecule has 132 valence electrons. The van der Waals surface area contributed by atoms with Crippen LogP contribution in [0, 0.1) is 5.92 Å². The van der Waals surface area contributed by atoms with Crippen molar-refractivity contribution in [1.82, 2.24) is 4.90 Å². The second-order valence-electron chi connectivity index (χ2n) is 6.84. The third kappa shape index (κ3) is 2.98. The van der Waals surface area contributed by atoms with E-state index in [2.05, 4.69) is 5.38 Å². The van der Waals surface area contributed by atoms with E-state index < -0.39 is 0 Å². The molecule has 0 saturated carbocycles. The smallest absolute Gasteiger partial charge is 0.232 e. The summed E-state index contributed by atoms with van der Waals surface area (Å²) in [6.07, 6.45) is 2.25. The first-order valence-electron chi connectivity index (χ1n) is 8.87. The minimum absolute atomic E-state index is 0.0747. The van der Waals surface area contributed by atoms with Gasteiger partial charge in [0.15, 0.2) is 5.78 Å². The van der Waals surface area contributed by atoms with Gasteiger partial charge in [-0.2, -0.15) is 11.3 Å². The number of rotatable bonds is 2. The van der Waals surface area contributed by atoms with E-state index >= 15 is 0 Å². The number of amides is 1. The van der Waals surface area contributed by atoms with Gasteiger partial charge in [-0.15, -0.1) is 0 Å². The number of nitrogens with zero attached hydrogens (tertiary/aromatic N) is 2. The van der Waals surface area contributed by atoms with Crippen molar-refractivity contribution in [3.63, 3.8) is 0 Å². The van der Waals surface area contributed by atoms with Crippen LogP contribution in [0.1, 0.15) is 37.7 Å². The van der Waals surface area contributed by atoms with Crippen LogP contribution in [0.5, 0.6) is 0 Å². The molecule has 1 aromatic rings. The molecule has 1 amide bonds. The second-order valence-corrected chi connectivity index (χ2v) is 7.62. The number of allylic oxidation sites excluding steroid dienone is 2. The first kappa shape index (κ1) is 16.7. The van der Waals surface area contributed by atoms with Gasteiger partial charge in [0.05, 0.1) is 19.1 Å². The Kier molecular flexibility index (Phi) is 4.56. The monoisotopic (exact) mass is 358 g/mol. The molecule has 0 radical (unpaired) electrons. The lowest BCUT2D eigenvalue weighted by Gasteiger charge is -2.38.